The molecule has 264 valence electrons. The van der Waals surface area contributed by atoms with Crippen LogP contribution in [0.5, 0.6) is 0 Å². The van der Waals surface area contributed by atoms with Crippen LogP contribution in [0.15, 0.2) is 95.9 Å². The topological polar surface area (TPSA) is 122 Å². The summed E-state index contributed by atoms with van der Waals surface area (Å²) < 4.78 is 78.6. The SMILES string of the molecule is COC(=O)N(C(=O)[C@@H](N)C(c1cccc(F)c1)c1cccc(F)c1)c1cccc(F)c1CC[C@H]1CNC[C@H](C)N1S(=O)(=O)c1ccccc1Cl. The van der Waals surface area contributed by atoms with Gasteiger partial charge in [-0.15, -0.1) is 0 Å². The van der Waals surface area contributed by atoms with Crippen molar-refractivity contribution in [2.45, 2.75) is 48.7 Å². The van der Waals surface area contributed by atoms with Crippen LogP contribution in [0.4, 0.5) is 23.7 Å². The minimum Gasteiger partial charge on any atom is -0.452 e. The summed E-state index contributed by atoms with van der Waals surface area (Å²) in [5.74, 6) is -4.17. The number of nitrogens with two attached hydrogens (primary N) is 1. The molecule has 1 fully saturated rings. The van der Waals surface area contributed by atoms with Gasteiger partial charge in [0.25, 0.3) is 5.91 Å². The van der Waals surface area contributed by atoms with Crippen LogP contribution in [0.2, 0.25) is 5.02 Å². The second-order valence-electron chi connectivity index (χ2n) is 12.0. The number of rotatable bonds is 10. The van der Waals surface area contributed by atoms with Gasteiger partial charge in [-0.2, -0.15) is 4.31 Å². The third kappa shape index (κ3) is 7.72. The largest absolute Gasteiger partial charge is 0.452 e. The monoisotopic (exact) mass is 728 g/mol. The molecular weight excluding hydrogens is 693 g/mol. The van der Waals surface area contributed by atoms with Crippen molar-refractivity contribution in [2.24, 2.45) is 5.73 Å². The molecule has 3 N–H and O–H groups in total. The number of sulfonamides is 1. The summed E-state index contributed by atoms with van der Waals surface area (Å²) in [6.07, 6.45) is -1.20. The summed E-state index contributed by atoms with van der Waals surface area (Å²) in [4.78, 5) is 28.1. The molecule has 1 aliphatic heterocycles. The van der Waals surface area contributed by atoms with E-state index in [4.69, 9.17) is 22.1 Å². The summed E-state index contributed by atoms with van der Waals surface area (Å²) in [5.41, 5.74) is 6.78. The summed E-state index contributed by atoms with van der Waals surface area (Å²) in [7, 11) is -3.05. The first-order chi connectivity index (χ1) is 23.8. The van der Waals surface area contributed by atoms with Gasteiger partial charge >= 0.3 is 6.09 Å². The molecule has 4 aromatic rings. The molecule has 1 aliphatic rings. The van der Waals surface area contributed by atoms with E-state index < -0.39 is 63.5 Å². The van der Waals surface area contributed by atoms with E-state index in [1.165, 1.54) is 65.0 Å². The van der Waals surface area contributed by atoms with Crippen LogP contribution in [-0.2, 0) is 26.0 Å². The zero-order valence-electron chi connectivity index (χ0n) is 27.2. The number of amides is 2. The van der Waals surface area contributed by atoms with Crippen LogP contribution in [0.25, 0.3) is 0 Å². The van der Waals surface area contributed by atoms with E-state index in [0.29, 0.717) is 11.4 Å². The van der Waals surface area contributed by atoms with Crippen LogP contribution in [0, 0.1) is 17.5 Å². The Kier molecular flexibility index (Phi) is 11.6. The van der Waals surface area contributed by atoms with Crippen molar-refractivity contribution in [1.82, 2.24) is 9.62 Å². The number of anilines is 1. The van der Waals surface area contributed by atoms with Gasteiger partial charge in [-0.25, -0.2) is 31.3 Å². The minimum absolute atomic E-state index is 0.0606. The Bertz CT molecular complexity index is 1940. The zero-order chi connectivity index (χ0) is 36.2. The fourth-order valence-electron chi connectivity index (χ4n) is 6.44. The van der Waals surface area contributed by atoms with Crippen LogP contribution < -0.4 is 16.0 Å². The van der Waals surface area contributed by atoms with Crippen molar-refractivity contribution in [3.05, 3.63) is 130 Å². The molecule has 0 aromatic heterocycles. The smallest absolute Gasteiger partial charge is 0.420 e. The van der Waals surface area contributed by atoms with E-state index in [9.17, 15) is 26.8 Å². The Morgan fingerprint density at radius 1 is 0.960 bits per heavy atom. The second-order valence-corrected chi connectivity index (χ2v) is 14.2. The van der Waals surface area contributed by atoms with Gasteiger partial charge in [-0.05, 0) is 79.4 Å². The molecule has 3 atom stereocenters. The molecular formula is C36H36ClF3N4O5S. The Balaban J connectivity index is 1.51. The molecule has 0 aliphatic carbocycles. The van der Waals surface area contributed by atoms with E-state index in [1.54, 1.807) is 19.1 Å². The van der Waals surface area contributed by atoms with Gasteiger partial charge in [0.2, 0.25) is 10.0 Å². The first kappa shape index (κ1) is 37.0. The van der Waals surface area contributed by atoms with Gasteiger partial charge in [-0.3, -0.25) is 4.79 Å². The molecule has 9 nitrogen and oxygen atoms in total. The van der Waals surface area contributed by atoms with E-state index in [-0.39, 0.29) is 51.7 Å². The fraction of sp³-hybridized carbons (Fsp3) is 0.278. The first-order valence-electron chi connectivity index (χ1n) is 15.8. The van der Waals surface area contributed by atoms with Crippen molar-refractivity contribution in [1.29, 1.82) is 0 Å². The highest BCUT2D eigenvalue weighted by molar-refractivity contribution is 7.89. The summed E-state index contributed by atoms with van der Waals surface area (Å²) >= 11 is 6.29. The number of hydrogen-bond acceptors (Lipinski definition) is 7. The van der Waals surface area contributed by atoms with Gasteiger partial charge in [0, 0.05) is 36.7 Å². The zero-order valence-corrected chi connectivity index (χ0v) is 28.8. The average molecular weight is 729 g/mol. The Labute approximate surface area is 293 Å². The number of carbonyl (C=O) groups is 2. The number of carbonyl (C=O) groups excluding carboxylic acids is 2. The number of imide groups is 1. The van der Waals surface area contributed by atoms with E-state index in [2.05, 4.69) is 5.32 Å². The molecule has 0 bridgehead atoms. The van der Waals surface area contributed by atoms with E-state index >= 15 is 4.39 Å². The second kappa shape index (κ2) is 15.7. The number of piperazine rings is 1. The lowest BCUT2D eigenvalue weighted by atomic mass is 9.84. The maximum Gasteiger partial charge on any atom is 0.420 e. The predicted octanol–water partition coefficient (Wildman–Crippen LogP) is 6.00. The standard InChI is InChI=1S/C36H36ClF3N4O5S/c1-22-20-42-21-27(44(22)50(47,48)32-15-4-3-12-29(32)37)16-17-28-30(40)13-7-14-31(28)43(36(46)49-2)35(45)34(41)33(23-8-5-10-25(38)18-23)24-9-6-11-26(39)19-24/h3-15,18-19,22,27,33-34,42H,16-17,20-21,41H2,1-2H3/t22-,27-,34-/m0/s1. The van der Waals surface area contributed by atoms with Crippen LogP contribution in [0.3, 0.4) is 0 Å². The van der Waals surface area contributed by atoms with Crippen LogP contribution >= 0.6 is 11.6 Å². The minimum atomic E-state index is -4.08. The van der Waals surface area contributed by atoms with Crippen molar-refractivity contribution in [3.63, 3.8) is 0 Å². The Morgan fingerprint density at radius 2 is 1.58 bits per heavy atom. The molecule has 14 heteroatoms. The number of nitrogens with zero attached hydrogens (tertiary/aromatic N) is 2. The Hall–Kier alpha value is -4.27. The summed E-state index contributed by atoms with van der Waals surface area (Å²) in [6, 6.07) is 17.7. The molecule has 1 saturated heterocycles. The number of ether oxygens (including phenoxy) is 1. The highest BCUT2D eigenvalue weighted by Gasteiger charge is 2.40. The molecule has 2 amide bonds. The lowest BCUT2D eigenvalue weighted by Crippen LogP contribution is -2.58. The molecule has 0 saturated carbocycles. The molecule has 0 radical (unpaired) electrons. The van der Waals surface area contributed by atoms with Crippen LogP contribution in [0.1, 0.15) is 36.0 Å². The van der Waals surface area contributed by atoms with Crippen LogP contribution in [-0.4, -0.2) is 63.0 Å². The molecule has 4 aromatic carbocycles. The third-order valence-corrected chi connectivity index (χ3v) is 11.3. The number of hydrogen-bond donors (Lipinski definition) is 2. The third-order valence-electron chi connectivity index (χ3n) is 8.71. The summed E-state index contributed by atoms with van der Waals surface area (Å²) in [5, 5.41) is 3.27. The van der Waals surface area contributed by atoms with Crippen molar-refractivity contribution in [2.75, 3.05) is 25.1 Å². The predicted molar refractivity (Wildman–Crippen MR) is 184 cm³/mol. The van der Waals surface area contributed by atoms with E-state index in [0.717, 1.165) is 25.3 Å². The van der Waals surface area contributed by atoms with Gasteiger partial charge in [0.05, 0.1) is 23.9 Å². The quantitative estimate of drug-likeness (QED) is 0.206. The normalized spacial score (nSPS) is 17.4. The molecule has 1 heterocycles. The van der Waals surface area contributed by atoms with Gasteiger partial charge < -0.3 is 15.8 Å². The maximum atomic E-state index is 15.7. The van der Waals surface area contributed by atoms with Crippen molar-refractivity contribution < 1.29 is 35.9 Å². The first-order valence-corrected chi connectivity index (χ1v) is 17.6. The van der Waals surface area contributed by atoms with Gasteiger partial charge in [0.1, 0.15) is 22.3 Å². The van der Waals surface area contributed by atoms with E-state index in [1.807, 2.05) is 0 Å². The summed E-state index contributed by atoms with van der Waals surface area (Å²) in [6.45, 7) is 2.35. The Morgan fingerprint density at radius 3 is 2.18 bits per heavy atom. The molecule has 0 unspecified atom stereocenters. The van der Waals surface area contributed by atoms with Crippen molar-refractivity contribution >= 4 is 39.3 Å². The average Bonchev–Trinajstić information content (AvgIpc) is 3.08. The number of benzene rings is 4. The highest BCUT2D eigenvalue weighted by Crippen LogP contribution is 2.34. The highest BCUT2D eigenvalue weighted by atomic mass is 35.5. The maximum absolute atomic E-state index is 15.7. The van der Waals surface area contributed by atoms with Gasteiger partial charge in [-0.1, -0.05) is 54.1 Å². The fourth-order valence-corrected chi connectivity index (χ4v) is 8.78. The number of halogens is 4. The van der Waals surface area contributed by atoms with Crippen molar-refractivity contribution in [3.8, 4) is 0 Å². The molecule has 0 spiro atoms. The molecule has 5 rings (SSSR count). The lowest BCUT2D eigenvalue weighted by Gasteiger charge is -2.40. The molecule has 50 heavy (non-hydrogen) atoms. The number of nitrogens with one attached hydrogen (secondary N) is 1. The number of methoxy groups -OCH3 is 1. The lowest BCUT2D eigenvalue weighted by molar-refractivity contribution is -0.119. The van der Waals surface area contributed by atoms with Gasteiger partial charge in [0.15, 0.2) is 0 Å².